The molecule has 7 heteroatoms. The highest BCUT2D eigenvalue weighted by Gasteiger charge is 2.35. The predicted octanol–water partition coefficient (Wildman–Crippen LogP) is 6.73. The van der Waals surface area contributed by atoms with E-state index in [4.69, 9.17) is 9.47 Å². The van der Waals surface area contributed by atoms with Crippen molar-refractivity contribution in [1.82, 2.24) is 4.90 Å². The minimum atomic E-state index is -0.285. The number of carbonyl (C=O) groups is 2. The molecule has 5 nitrogen and oxygen atoms in total. The number of nitrogens with zero attached hydrogens (tertiary/aromatic N) is 1. The maximum absolute atomic E-state index is 13.0. The van der Waals surface area contributed by atoms with Crippen molar-refractivity contribution in [3.63, 3.8) is 0 Å². The second-order valence-electron chi connectivity index (χ2n) is 7.94. The fourth-order valence-electron chi connectivity index (χ4n) is 3.63. The number of hydrogen-bond donors (Lipinski definition) is 0. The number of halogens is 1. The van der Waals surface area contributed by atoms with Crippen LogP contribution in [0.3, 0.4) is 0 Å². The molecule has 0 N–H and O–H groups in total. The summed E-state index contributed by atoms with van der Waals surface area (Å²) < 4.78 is 12.5. The Bertz CT molecular complexity index is 1290. The number of rotatable bonds is 7. The lowest BCUT2D eigenvalue weighted by molar-refractivity contribution is -0.123. The summed E-state index contributed by atoms with van der Waals surface area (Å²) in [6.07, 6.45) is 1.73. The summed E-state index contributed by atoms with van der Waals surface area (Å²) >= 11 is 3.16. The molecular formula is C27H24INO4S. The summed E-state index contributed by atoms with van der Waals surface area (Å²) in [6.45, 7) is 4.72. The first kappa shape index (κ1) is 24.3. The molecule has 0 unspecified atom stereocenters. The average molecular weight is 585 g/mol. The largest absolute Gasteiger partial charge is 0.493 e. The quantitative estimate of drug-likeness (QED) is 0.227. The van der Waals surface area contributed by atoms with Crippen LogP contribution in [0.4, 0.5) is 4.79 Å². The van der Waals surface area contributed by atoms with Gasteiger partial charge in [0.2, 0.25) is 0 Å². The minimum absolute atomic E-state index is 0.264. The molecule has 0 aromatic heterocycles. The molecule has 2 amide bonds. The lowest BCUT2D eigenvalue weighted by atomic mass is 10.1. The van der Waals surface area contributed by atoms with E-state index in [0.29, 0.717) is 23.0 Å². The van der Waals surface area contributed by atoms with Gasteiger partial charge < -0.3 is 9.47 Å². The molecule has 1 saturated heterocycles. The molecule has 34 heavy (non-hydrogen) atoms. The predicted molar refractivity (Wildman–Crippen MR) is 144 cm³/mol. The van der Waals surface area contributed by atoms with E-state index in [9.17, 15) is 9.59 Å². The van der Waals surface area contributed by atoms with Crippen LogP contribution in [0.15, 0.2) is 65.6 Å². The Kier molecular flexibility index (Phi) is 7.63. The lowest BCUT2D eigenvalue weighted by Crippen LogP contribution is -2.27. The molecule has 3 aromatic rings. The van der Waals surface area contributed by atoms with E-state index in [0.717, 1.165) is 43.1 Å². The van der Waals surface area contributed by atoms with Gasteiger partial charge in [-0.2, -0.15) is 0 Å². The number of ether oxygens (including phenoxy) is 2. The summed E-state index contributed by atoms with van der Waals surface area (Å²) in [5.74, 6) is 0.939. The Morgan fingerprint density at radius 1 is 0.971 bits per heavy atom. The third-order valence-corrected chi connectivity index (χ3v) is 7.35. The van der Waals surface area contributed by atoms with E-state index >= 15 is 0 Å². The van der Waals surface area contributed by atoms with Gasteiger partial charge in [0.1, 0.15) is 6.61 Å². The highest BCUT2D eigenvalue weighted by Crippen LogP contribution is 2.38. The smallest absolute Gasteiger partial charge is 0.293 e. The Morgan fingerprint density at radius 2 is 1.62 bits per heavy atom. The van der Waals surface area contributed by atoms with E-state index in [2.05, 4.69) is 35.6 Å². The zero-order valence-electron chi connectivity index (χ0n) is 19.1. The van der Waals surface area contributed by atoms with Crippen molar-refractivity contribution in [2.45, 2.75) is 27.0 Å². The number of imide groups is 1. The molecule has 1 fully saturated rings. The number of thioether (sulfide) groups is 1. The van der Waals surface area contributed by atoms with Gasteiger partial charge in [0.05, 0.1) is 22.1 Å². The molecule has 1 aliphatic rings. The molecule has 0 saturated carbocycles. The molecule has 1 heterocycles. The van der Waals surface area contributed by atoms with E-state index in [1.165, 1.54) is 4.90 Å². The van der Waals surface area contributed by atoms with Crippen LogP contribution in [-0.4, -0.2) is 23.2 Å². The summed E-state index contributed by atoms with van der Waals surface area (Å²) in [7, 11) is 1.59. The van der Waals surface area contributed by atoms with Crippen LogP contribution in [0.2, 0.25) is 0 Å². The maximum Gasteiger partial charge on any atom is 0.293 e. The fraction of sp³-hybridized carbons (Fsp3) is 0.185. The van der Waals surface area contributed by atoms with Crippen molar-refractivity contribution < 1.29 is 19.1 Å². The molecular weight excluding hydrogens is 561 g/mol. The van der Waals surface area contributed by atoms with Crippen LogP contribution in [-0.2, 0) is 17.9 Å². The Morgan fingerprint density at radius 3 is 2.26 bits per heavy atom. The van der Waals surface area contributed by atoms with Crippen LogP contribution in [0, 0.1) is 17.4 Å². The third kappa shape index (κ3) is 5.31. The van der Waals surface area contributed by atoms with Crippen LogP contribution in [0.25, 0.3) is 6.08 Å². The summed E-state index contributed by atoms with van der Waals surface area (Å²) in [5.41, 5.74) is 5.04. The topological polar surface area (TPSA) is 55.8 Å². The zero-order chi connectivity index (χ0) is 24.2. The highest BCUT2D eigenvalue weighted by atomic mass is 127. The van der Waals surface area contributed by atoms with Gasteiger partial charge in [-0.1, -0.05) is 48.5 Å². The average Bonchev–Trinajstić information content (AvgIpc) is 3.07. The first-order valence-corrected chi connectivity index (χ1v) is 12.6. The normalized spacial score (nSPS) is 14.7. The number of hydrogen-bond acceptors (Lipinski definition) is 5. The fourth-order valence-corrected chi connectivity index (χ4v) is 5.25. The van der Waals surface area contributed by atoms with Crippen LogP contribution >= 0.6 is 34.4 Å². The molecule has 0 radical (unpaired) electrons. The van der Waals surface area contributed by atoms with Gasteiger partial charge in [-0.3, -0.25) is 14.5 Å². The molecule has 1 aliphatic heterocycles. The van der Waals surface area contributed by atoms with Crippen molar-refractivity contribution >= 4 is 51.6 Å². The standard InChI is InChI=1S/C27H24INO4S/c1-17-8-4-6-10-20(17)15-29-26(30)24(34-27(29)31)14-19-12-22(28)25(23(13-19)32-3)33-16-21-11-7-5-9-18(21)2/h4-14H,15-16H2,1-3H3/b24-14-. The van der Waals surface area contributed by atoms with Gasteiger partial charge in [0.15, 0.2) is 11.5 Å². The lowest BCUT2D eigenvalue weighted by Gasteiger charge is -2.15. The molecule has 0 aliphatic carbocycles. The highest BCUT2D eigenvalue weighted by molar-refractivity contribution is 14.1. The maximum atomic E-state index is 13.0. The van der Waals surface area contributed by atoms with Crippen molar-refractivity contribution in [3.05, 3.63) is 97.0 Å². The van der Waals surface area contributed by atoms with Crippen molar-refractivity contribution in [3.8, 4) is 11.5 Å². The van der Waals surface area contributed by atoms with Crippen LogP contribution in [0.1, 0.15) is 27.8 Å². The number of methoxy groups -OCH3 is 1. The SMILES string of the molecule is COc1cc(/C=C2\SC(=O)N(Cc3ccccc3C)C2=O)cc(I)c1OCc1ccccc1C. The molecule has 3 aromatic carbocycles. The van der Waals surface area contributed by atoms with E-state index in [1.54, 1.807) is 13.2 Å². The van der Waals surface area contributed by atoms with E-state index in [1.807, 2.05) is 61.5 Å². The van der Waals surface area contributed by atoms with Gasteiger partial charge in [0, 0.05) is 0 Å². The third-order valence-electron chi connectivity index (χ3n) is 5.65. The summed E-state index contributed by atoms with van der Waals surface area (Å²) in [4.78, 5) is 27.3. The molecule has 0 spiro atoms. The second kappa shape index (κ2) is 10.7. The Balaban J connectivity index is 1.55. The monoisotopic (exact) mass is 585 g/mol. The van der Waals surface area contributed by atoms with Crippen LogP contribution in [0.5, 0.6) is 11.5 Å². The number of benzene rings is 3. The zero-order valence-corrected chi connectivity index (χ0v) is 22.1. The number of amides is 2. The van der Waals surface area contributed by atoms with Gasteiger partial charge >= 0.3 is 0 Å². The first-order chi connectivity index (χ1) is 16.4. The van der Waals surface area contributed by atoms with Gasteiger partial charge in [-0.15, -0.1) is 0 Å². The Hall–Kier alpha value is -2.78. The summed E-state index contributed by atoms with van der Waals surface area (Å²) in [5, 5.41) is -0.264. The van der Waals surface area contributed by atoms with Crippen molar-refractivity contribution in [2.24, 2.45) is 0 Å². The first-order valence-electron chi connectivity index (χ1n) is 10.7. The second-order valence-corrected chi connectivity index (χ2v) is 10.1. The number of aryl methyl sites for hydroxylation is 2. The van der Waals surface area contributed by atoms with Crippen LogP contribution < -0.4 is 9.47 Å². The molecule has 0 atom stereocenters. The minimum Gasteiger partial charge on any atom is -0.493 e. The van der Waals surface area contributed by atoms with E-state index < -0.39 is 0 Å². The van der Waals surface area contributed by atoms with Gasteiger partial charge in [-0.25, -0.2) is 0 Å². The molecule has 174 valence electrons. The molecule has 4 rings (SSSR count). The van der Waals surface area contributed by atoms with Gasteiger partial charge in [0.25, 0.3) is 11.1 Å². The van der Waals surface area contributed by atoms with Gasteiger partial charge in [-0.05, 0) is 94.2 Å². The van der Waals surface area contributed by atoms with Crippen molar-refractivity contribution in [2.75, 3.05) is 7.11 Å². The van der Waals surface area contributed by atoms with Crippen molar-refractivity contribution in [1.29, 1.82) is 0 Å². The Labute approximate surface area is 217 Å². The van der Waals surface area contributed by atoms with E-state index in [-0.39, 0.29) is 17.7 Å². The molecule has 0 bridgehead atoms. The number of carbonyl (C=O) groups excluding carboxylic acids is 2. The summed E-state index contributed by atoms with van der Waals surface area (Å²) in [6, 6.07) is 19.6.